The highest BCUT2D eigenvalue weighted by Crippen LogP contribution is 2.32. The average molecular weight is 390 g/mol. The van der Waals surface area contributed by atoms with E-state index in [0.717, 1.165) is 38.2 Å². The molecule has 7 heteroatoms. The van der Waals surface area contributed by atoms with Crippen molar-refractivity contribution in [1.29, 1.82) is 0 Å². The van der Waals surface area contributed by atoms with E-state index in [1.165, 1.54) is 0 Å². The van der Waals surface area contributed by atoms with Gasteiger partial charge >= 0.3 is 0 Å². The maximum absolute atomic E-state index is 12.2. The first-order valence-electron chi connectivity index (χ1n) is 8.35. The third-order valence-corrected chi connectivity index (χ3v) is 5.75. The first-order valence-corrected chi connectivity index (χ1v) is 9.54. The van der Waals surface area contributed by atoms with Crippen molar-refractivity contribution in [3.8, 4) is 10.6 Å². The number of benzene rings is 1. The summed E-state index contributed by atoms with van der Waals surface area (Å²) < 4.78 is 5.13. The number of thiazole rings is 1. The van der Waals surface area contributed by atoms with Crippen LogP contribution in [0, 0.1) is 20.8 Å². The van der Waals surface area contributed by atoms with E-state index in [0.29, 0.717) is 24.4 Å². The summed E-state index contributed by atoms with van der Waals surface area (Å²) >= 11 is 7.80. The molecule has 1 aromatic carbocycles. The van der Waals surface area contributed by atoms with E-state index >= 15 is 0 Å². The maximum atomic E-state index is 12.2. The molecular formula is C19H20ClN3O2S. The second kappa shape index (κ2) is 8.01. The zero-order valence-corrected chi connectivity index (χ0v) is 16.5. The van der Waals surface area contributed by atoms with Gasteiger partial charge in [-0.05, 0) is 33.3 Å². The summed E-state index contributed by atoms with van der Waals surface area (Å²) in [7, 11) is 0. The number of amides is 1. The second-order valence-corrected chi connectivity index (χ2v) is 7.58. The molecule has 0 aliphatic rings. The summed E-state index contributed by atoms with van der Waals surface area (Å²) in [5, 5.41) is 8.43. The molecule has 0 spiro atoms. The number of hydrogen-bond acceptors (Lipinski definition) is 5. The SMILES string of the molecule is Cc1nc(-c2ccccc2Cl)sc1CNC(=O)CCc1c(C)noc1C. The van der Waals surface area contributed by atoms with Gasteiger partial charge in [-0.15, -0.1) is 11.3 Å². The predicted molar refractivity (Wildman–Crippen MR) is 103 cm³/mol. The molecule has 0 fully saturated rings. The van der Waals surface area contributed by atoms with Crippen LogP contribution in [0.25, 0.3) is 10.6 Å². The lowest BCUT2D eigenvalue weighted by Gasteiger charge is -2.04. The number of halogens is 1. The van der Waals surface area contributed by atoms with Gasteiger partial charge in [-0.2, -0.15) is 0 Å². The molecule has 1 amide bonds. The molecule has 2 aromatic heterocycles. The summed E-state index contributed by atoms with van der Waals surface area (Å²) in [5.41, 5.74) is 3.68. The van der Waals surface area contributed by atoms with Crippen molar-refractivity contribution in [3.05, 3.63) is 56.9 Å². The molecule has 0 unspecified atom stereocenters. The Morgan fingerprint density at radius 3 is 2.69 bits per heavy atom. The minimum atomic E-state index is -0.00269. The summed E-state index contributed by atoms with van der Waals surface area (Å²) in [6.45, 7) is 6.17. The summed E-state index contributed by atoms with van der Waals surface area (Å²) in [5.74, 6) is 0.773. The normalized spacial score (nSPS) is 10.9. The Bertz CT molecular complexity index is 913. The molecule has 0 aliphatic carbocycles. The lowest BCUT2D eigenvalue weighted by molar-refractivity contribution is -0.121. The number of hydrogen-bond donors (Lipinski definition) is 1. The number of rotatable bonds is 6. The highest BCUT2D eigenvalue weighted by molar-refractivity contribution is 7.15. The Morgan fingerprint density at radius 2 is 2.00 bits per heavy atom. The first-order chi connectivity index (χ1) is 12.5. The number of aromatic nitrogens is 2. The van der Waals surface area contributed by atoms with Crippen molar-refractivity contribution in [2.45, 2.75) is 40.2 Å². The van der Waals surface area contributed by atoms with Crippen LogP contribution in [0.3, 0.4) is 0 Å². The summed E-state index contributed by atoms with van der Waals surface area (Å²) in [4.78, 5) is 17.8. The fourth-order valence-electron chi connectivity index (χ4n) is 2.71. The van der Waals surface area contributed by atoms with Gasteiger partial charge in [0.25, 0.3) is 0 Å². The van der Waals surface area contributed by atoms with E-state index in [4.69, 9.17) is 16.1 Å². The fraction of sp³-hybridized carbons (Fsp3) is 0.316. The van der Waals surface area contributed by atoms with Crippen LogP contribution in [-0.2, 0) is 17.8 Å². The van der Waals surface area contributed by atoms with Crippen LogP contribution < -0.4 is 5.32 Å². The molecule has 1 N–H and O–H groups in total. The lowest BCUT2D eigenvalue weighted by atomic mass is 10.1. The highest BCUT2D eigenvalue weighted by Gasteiger charge is 2.14. The molecule has 3 rings (SSSR count). The van der Waals surface area contributed by atoms with Crippen molar-refractivity contribution in [2.24, 2.45) is 0 Å². The molecular weight excluding hydrogens is 370 g/mol. The van der Waals surface area contributed by atoms with Crippen LogP contribution in [0.2, 0.25) is 5.02 Å². The van der Waals surface area contributed by atoms with Gasteiger partial charge in [0, 0.05) is 22.4 Å². The molecule has 3 aromatic rings. The monoisotopic (exact) mass is 389 g/mol. The van der Waals surface area contributed by atoms with Gasteiger partial charge in [0.05, 0.1) is 23.0 Å². The van der Waals surface area contributed by atoms with Crippen molar-refractivity contribution in [3.63, 3.8) is 0 Å². The zero-order valence-electron chi connectivity index (χ0n) is 14.9. The number of carbonyl (C=O) groups is 1. The van der Waals surface area contributed by atoms with E-state index in [1.807, 2.05) is 45.0 Å². The number of nitrogens with one attached hydrogen (secondary N) is 1. The Labute approximate surface area is 161 Å². The summed E-state index contributed by atoms with van der Waals surface area (Å²) in [6.07, 6.45) is 1.03. The van der Waals surface area contributed by atoms with Crippen molar-refractivity contribution < 1.29 is 9.32 Å². The van der Waals surface area contributed by atoms with E-state index in [1.54, 1.807) is 11.3 Å². The van der Waals surface area contributed by atoms with Crippen molar-refractivity contribution in [1.82, 2.24) is 15.5 Å². The number of aryl methyl sites for hydroxylation is 3. The second-order valence-electron chi connectivity index (χ2n) is 6.09. The van der Waals surface area contributed by atoms with Crippen LogP contribution in [0.5, 0.6) is 0 Å². The Morgan fingerprint density at radius 1 is 1.23 bits per heavy atom. The molecule has 0 saturated carbocycles. The molecule has 26 heavy (non-hydrogen) atoms. The average Bonchev–Trinajstić information content (AvgIpc) is 3.14. The predicted octanol–water partition coefficient (Wildman–Crippen LogP) is 4.63. The molecule has 0 bridgehead atoms. The smallest absolute Gasteiger partial charge is 0.220 e. The number of carbonyl (C=O) groups excluding carboxylic acids is 1. The van der Waals surface area contributed by atoms with Crippen LogP contribution >= 0.6 is 22.9 Å². The van der Waals surface area contributed by atoms with Crippen LogP contribution in [0.1, 0.15) is 34.0 Å². The van der Waals surface area contributed by atoms with Gasteiger partial charge in [0.2, 0.25) is 5.91 Å². The van der Waals surface area contributed by atoms with Crippen LogP contribution in [0.15, 0.2) is 28.8 Å². The Balaban J connectivity index is 1.60. The van der Waals surface area contributed by atoms with Crippen molar-refractivity contribution in [2.75, 3.05) is 0 Å². The van der Waals surface area contributed by atoms with Gasteiger partial charge in [0.15, 0.2) is 0 Å². The largest absolute Gasteiger partial charge is 0.361 e. The van der Waals surface area contributed by atoms with Gasteiger partial charge in [-0.3, -0.25) is 4.79 Å². The molecule has 2 heterocycles. The fourth-order valence-corrected chi connectivity index (χ4v) is 4.03. The van der Waals surface area contributed by atoms with Gasteiger partial charge in [-0.25, -0.2) is 4.98 Å². The van der Waals surface area contributed by atoms with Crippen LogP contribution in [-0.4, -0.2) is 16.0 Å². The van der Waals surface area contributed by atoms with Gasteiger partial charge < -0.3 is 9.84 Å². The highest BCUT2D eigenvalue weighted by atomic mass is 35.5. The number of nitrogens with zero attached hydrogens (tertiary/aromatic N) is 2. The Kier molecular flexibility index (Phi) is 5.74. The topological polar surface area (TPSA) is 68.0 Å². The molecule has 0 aliphatic heterocycles. The van der Waals surface area contributed by atoms with Crippen LogP contribution in [0.4, 0.5) is 0 Å². The Hall–Kier alpha value is -2.18. The lowest BCUT2D eigenvalue weighted by Crippen LogP contribution is -2.23. The minimum Gasteiger partial charge on any atom is -0.361 e. The quantitative estimate of drug-likeness (QED) is 0.667. The first kappa shape index (κ1) is 18.6. The van der Waals surface area contributed by atoms with E-state index < -0.39 is 0 Å². The summed E-state index contributed by atoms with van der Waals surface area (Å²) in [6, 6.07) is 7.64. The van der Waals surface area contributed by atoms with E-state index in [-0.39, 0.29) is 5.91 Å². The standard InChI is InChI=1S/C19H20ClN3O2S/c1-11-14(13(3)25-23-11)8-9-18(24)21-10-17-12(2)22-19(26-17)15-6-4-5-7-16(15)20/h4-7H,8-10H2,1-3H3,(H,21,24). The van der Waals surface area contributed by atoms with Gasteiger partial charge in [0.1, 0.15) is 10.8 Å². The molecule has 0 atom stereocenters. The van der Waals surface area contributed by atoms with E-state index in [2.05, 4.69) is 15.5 Å². The maximum Gasteiger partial charge on any atom is 0.220 e. The zero-order chi connectivity index (χ0) is 18.7. The van der Waals surface area contributed by atoms with Crippen molar-refractivity contribution >= 4 is 28.8 Å². The molecule has 0 saturated heterocycles. The molecule has 136 valence electrons. The third kappa shape index (κ3) is 4.14. The van der Waals surface area contributed by atoms with Gasteiger partial charge in [-0.1, -0.05) is 35.0 Å². The minimum absolute atomic E-state index is 0.00269. The van der Waals surface area contributed by atoms with E-state index in [9.17, 15) is 4.79 Å². The molecule has 5 nitrogen and oxygen atoms in total. The molecule has 0 radical (unpaired) electrons. The third-order valence-electron chi connectivity index (χ3n) is 4.23.